The Morgan fingerprint density at radius 1 is 1.16 bits per heavy atom. The third-order valence-electron chi connectivity index (χ3n) is 4.39. The molecule has 5 heteroatoms. The summed E-state index contributed by atoms with van der Waals surface area (Å²) in [4.78, 5) is 16.5. The van der Waals surface area contributed by atoms with Gasteiger partial charge in [0.05, 0.1) is 23.1 Å². The van der Waals surface area contributed by atoms with Crippen LogP contribution in [0.25, 0.3) is 5.69 Å². The van der Waals surface area contributed by atoms with Gasteiger partial charge in [-0.3, -0.25) is 9.78 Å². The molecule has 0 aliphatic carbocycles. The van der Waals surface area contributed by atoms with Crippen LogP contribution in [-0.4, -0.2) is 27.2 Å². The van der Waals surface area contributed by atoms with Gasteiger partial charge in [0, 0.05) is 18.9 Å². The highest BCUT2D eigenvalue weighted by Crippen LogP contribution is 2.18. The van der Waals surface area contributed by atoms with Crippen LogP contribution in [0.3, 0.4) is 0 Å². The molecule has 0 aliphatic rings. The molecule has 25 heavy (non-hydrogen) atoms. The van der Waals surface area contributed by atoms with E-state index in [-0.39, 0.29) is 5.91 Å². The predicted octanol–water partition coefficient (Wildman–Crippen LogP) is 3.50. The molecule has 0 aliphatic heterocycles. The molecule has 0 unspecified atom stereocenters. The van der Waals surface area contributed by atoms with Crippen molar-refractivity contribution in [3.05, 3.63) is 77.9 Å². The lowest BCUT2D eigenvalue weighted by Gasteiger charge is -2.12. The van der Waals surface area contributed by atoms with Crippen molar-refractivity contribution in [2.75, 3.05) is 6.54 Å². The number of carbonyl (C=O) groups is 1. The number of amides is 1. The van der Waals surface area contributed by atoms with Crippen LogP contribution < -0.4 is 5.32 Å². The van der Waals surface area contributed by atoms with Crippen molar-refractivity contribution in [2.45, 2.75) is 26.2 Å². The van der Waals surface area contributed by atoms with Crippen molar-refractivity contribution in [2.24, 2.45) is 0 Å². The molecule has 0 fully saturated rings. The highest BCUT2D eigenvalue weighted by Gasteiger charge is 2.15. The van der Waals surface area contributed by atoms with E-state index in [0.717, 1.165) is 17.8 Å². The van der Waals surface area contributed by atoms with E-state index in [2.05, 4.69) is 34.5 Å². The zero-order valence-electron chi connectivity index (χ0n) is 14.5. The number of nitrogens with one attached hydrogen (secondary N) is 1. The zero-order valence-corrected chi connectivity index (χ0v) is 14.5. The largest absolute Gasteiger partial charge is 0.352 e. The minimum absolute atomic E-state index is 0.0851. The van der Waals surface area contributed by atoms with Crippen LogP contribution in [0.1, 0.15) is 40.9 Å². The van der Waals surface area contributed by atoms with Crippen molar-refractivity contribution in [1.29, 1.82) is 0 Å². The van der Waals surface area contributed by atoms with Crippen molar-refractivity contribution in [3.8, 4) is 5.69 Å². The second-order valence-corrected chi connectivity index (χ2v) is 6.12. The lowest BCUT2D eigenvalue weighted by Crippen LogP contribution is -2.25. The molecule has 3 aromatic rings. The Kier molecular flexibility index (Phi) is 5.23. The molecular formula is C20H22N4O. The first-order valence-electron chi connectivity index (χ1n) is 8.45. The first-order chi connectivity index (χ1) is 12.2. The van der Waals surface area contributed by atoms with Crippen LogP contribution in [0.5, 0.6) is 0 Å². The number of rotatable bonds is 6. The van der Waals surface area contributed by atoms with Gasteiger partial charge in [0.25, 0.3) is 5.91 Å². The minimum Gasteiger partial charge on any atom is -0.352 e. The quantitative estimate of drug-likeness (QED) is 0.750. The van der Waals surface area contributed by atoms with E-state index in [4.69, 9.17) is 0 Å². The highest BCUT2D eigenvalue weighted by molar-refractivity contribution is 5.95. The normalized spacial score (nSPS) is 11.9. The van der Waals surface area contributed by atoms with Crippen LogP contribution in [0.2, 0.25) is 0 Å². The van der Waals surface area contributed by atoms with E-state index in [1.54, 1.807) is 23.3 Å². The van der Waals surface area contributed by atoms with Gasteiger partial charge in [0.2, 0.25) is 0 Å². The number of hydrogen-bond acceptors (Lipinski definition) is 3. The molecule has 0 bridgehead atoms. The summed E-state index contributed by atoms with van der Waals surface area (Å²) in [6.07, 6.45) is 5.93. The Labute approximate surface area is 147 Å². The molecule has 0 saturated carbocycles. The van der Waals surface area contributed by atoms with Gasteiger partial charge >= 0.3 is 0 Å². The standard InChI is InChI=1S/C20H22N4O/c1-15(17-6-4-3-5-7-17)8-13-22-20(25)19-14-23-24(16(19)2)18-9-11-21-12-10-18/h3-7,9-12,14-15H,8,13H2,1-2H3,(H,22,25)/t15-/m0/s1. The fourth-order valence-electron chi connectivity index (χ4n) is 2.82. The third kappa shape index (κ3) is 3.94. The Morgan fingerprint density at radius 2 is 1.88 bits per heavy atom. The summed E-state index contributed by atoms with van der Waals surface area (Å²) < 4.78 is 1.75. The van der Waals surface area contributed by atoms with Crippen LogP contribution >= 0.6 is 0 Å². The highest BCUT2D eigenvalue weighted by atomic mass is 16.1. The van der Waals surface area contributed by atoms with Gasteiger partial charge in [-0.15, -0.1) is 0 Å². The SMILES string of the molecule is Cc1c(C(=O)NCC[C@H](C)c2ccccc2)cnn1-c1ccncc1. The van der Waals surface area contributed by atoms with Crippen LogP contribution in [0.4, 0.5) is 0 Å². The van der Waals surface area contributed by atoms with Gasteiger partial charge in [-0.05, 0) is 37.0 Å². The monoisotopic (exact) mass is 334 g/mol. The molecule has 1 aromatic carbocycles. The first-order valence-corrected chi connectivity index (χ1v) is 8.45. The molecule has 1 amide bonds. The maximum absolute atomic E-state index is 12.5. The van der Waals surface area contributed by atoms with E-state index >= 15 is 0 Å². The molecule has 3 rings (SSSR count). The van der Waals surface area contributed by atoms with Crippen LogP contribution in [-0.2, 0) is 0 Å². The summed E-state index contributed by atoms with van der Waals surface area (Å²) in [5, 5.41) is 7.33. The Balaban J connectivity index is 1.60. The average Bonchev–Trinajstić information content (AvgIpc) is 3.04. The number of aromatic nitrogens is 3. The van der Waals surface area contributed by atoms with Crippen molar-refractivity contribution < 1.29 is 4.79 Å². The molecule has 0 radical (unpaired) electrons. The zero-order chi connectivity index (χ0) is 17.6. The maximum Gasteiger partial charge on any atom is 0.254 e. The first kappa shape index (κ1) is 16.9. The van der Waals surface area contributed by atoms with Gasteiger partial charge in [-0.1, -0.05) is 37.3 Å². The Morgan fingerprint density at radius 3 is 2.60 bits per heavy atom. The molecule has 1 atom stereocenters. The van der Waals surface area contributed by atoms with Gasteiger partial charge < -0.3 is 5.32 Å². The van der Waals surface area contributed by atoms with Crippen molar-refractivity contribution in [3.63, 3.8) is 0 Å². The maximum atomic E-state index is 12.5. The lowest BCUT2D eigenvalue weighted by atomic mass is 9.98. The van der Waals surface area contributed by atoms with Gasteiger partial charge in [-0.25, -0.2) is 4.68 Å². The molecule has 128 valence electrons. The summed E-state index contributed by atoms with van der Waals surface area (Å²) in [7, 11) is 0. The van der Waals surface area contributed by atoms with Crippen LogP contribution in [0.15, 0.2) is 61.1 Å². The molecule has 5 nitrogen and oxygen atoms in total. The van der Waals surface area contributed by atoms with E-state index in [9.17, 15) is 4.79 Å². The summed E-state index contributed by atoms with van der Waals surface area (Å²) in [6, 6.07) is 14.1. The molecule has 0 saturated heterocycles. The Hall–Kier alpha value is -2.95. The van der Waals surface area contributed by atoms with Gasteiger partial charge in [0.15, 0.2) is 0 Å². The summed E-state index contributed by atoms with van der Waals surface area (Å²) in [5.41, 5.74) is 3.60. The van der Waals surface area contributed by atoms with E-state index < -0.39 is 0 Å². The van der Waals surface area contributed by atoms with E-state index in [0.29, 0.717) is 18.0 Å². The second-order valence-electron chi connectivity index (χ2n) is 6.12. The van der Waals surface area contributed by atoms with Gasteiger partial charge in [0.1, 0.15) is 0 Å². The summed E-state index contributed by atoms with van der Waals surface area (Å²) >= 11 is 0. The fraction of sp³-hybridized carbons (Fsp3) is 0.250. The number of pyridine rings is 1. The molecular weight excluding hydrogens is 312 g/mol. The second kappa shape index (κ2) is 7.75. The van der Waals surface area contributed by atoms with Crippen molar-refractivity contribution in [1.82, 2.24) is 20.1 Å². The summed E-state index contributed by atoms with van der Waals surface area (Å²) in [5.74, 6) is 0.320. The van der Waals surface area contributed by atoms with Crippen molar-refractivity contribution >= 4 is 5.91 Å². The minimum atomic E-state index is -0.0851. The summed E-state index contributed by atoms with van der Waals surface area (Å²) in [6.45, 7) is 4.71. The van der Waals surface area contributed by atoms with Gasteiger partial charge in [-0.2, -0.15) is 5.10 Å². The topological polar surface area (TPSA) is 59.8 Å². The van der Waals surface area contributed by atoms with E-state index in [1.165, 1.54) is 5.56 Å². The third-order valence-corrected chi connectivity index (χ3v) is 4.39. The number of nitrogens with zero attached hydrogens (tertiary/aromatic N) is 3. The molecule has 0 spiro atoms. The predicted molar refractivity (Wildman–Crippen MR) is 97.9 cm³/mol. The average molecular weight is 334 g/mol. The van der Waals surface area contributed by atoms with Crippen LogP contribution in [0, 0.1) is 6.92 Å². The smallest absolute Gasteiger partial charge is 0.254 e. The van der Waals surface area contributed by atoms with E-state index in [1.807, 2.05) is 37.3 Å². The number of carbonyl (C=O) groups excluding carboxylic acids is 1. The number of hydrogen-bond donors (Lipinski definition) is 1. The molecule has 2 aromatic heterocycles. The fourth-order valence-corrected chi connectivity index (χ4v) is 2.82. The Bertz CT molecular complexity index is 827. The molecule has 1 N–H and O–H groups in total. The molecule has 2 heterocycles. The number of benzene rings is 1. The lowest BCUT2D eigenvalue weighted by molar-refractivity contribution is 0.0952.